The van der Waals surface area contributed by atoms with E-state index in [1.165, 1.54) is 0 Å². The Kier molecular flexibility index (Phi) is 5.40. The molecular formula is C19H20N4O3S. The summed E-state index contributed by atoms with van der Waals surface area (Å²) >= 11 is -2.05. The molecule has 1 saturated heterocycles. The molecule has 1 aliphatic rings. The molecule has 1 aliphatic heterocycles. The number of aromatic nitrogens is 2. The average molecular weight is 384 g/mol. The predicted molar refractivity (Wildman–Crippen MR) is 106 cm³/mol. The van der Waals surface area contributed by atoms with Gasteiger partial charge in [-0.05, 0) is 28.8 Å². The Morgan fingerprint density at radius 3 is 2.78 bits per heavy atom. The van der Waals surface area contributed by atoms with Crippen LogP contribution >= 0.6 is 0 Å². The minimum Gasteiger partial charge on any atom is -0.378 e. The van der Waals surface area contributed by atoms with Crippen molar-refractivity contribution in [3.63, 3.8) is 0 Å². The fourth-order valence-electron chi connectivity index (χ4n) is 3.21. The Morgan fingerprint density at radius 2 is 1.96 bits per heavy atom. The zero-order valence-electron chi connectivity index (χ0n) is 14.7. The topological polar surface area (TPSA) is 87.6 Å². The third kappa shape index (κ3) is 4.14. The van der Waals surface area contributed by atoms with Crippen LogP contribution in [0.2, 0.25) is 0 Å². The summed E-state index contributed by atoms with van der Waals surface area (Å²) in [6.07, 6.45) is 1.81. The molecule has 2 N–H and O–H groups in total. The van der Waals surface area contributed by atoms with Crippen LogP contribution in [-0.4, -0.2) is 45.0 Å². The van der Waals surface area contributed by atoms with E-state index < -0.39 is 11.3 Å². The van der Waals surface area contributed by atoms with Crippen molar-refractivity contribution in [2.24, 2.45) is 0 Å². The summed E-state index contributed by atoms with van der Waals surface area (Å²) in [5, 5.41) is 0. The molecule has 1 atom stereocenters. The van der Waals surface area contributed by atoms with Crippen molar-refractivity contribution < 1.29 is 13.5 Å². The lowest BCUT2D eigenvalue weighted by Crippen LogP contribution is -2.36. The van der Waals surface area contributed by atoms with Crippen LogP contribution in [0, 0.1) is 0 Å². The number of hydrogen-bond acceptors (Lipinski definition) is 5. The van der Waals surface area contributed by atoms with Gasteiger partial charge in [0.2, 0.25) is 11.3 Å². The van der Waals surface area contributed by atoms with Crippen LogP contribution in [0.25, 0.3) is 22.2 Å². The van der Waals surface area contributed by atoms with Crippen molar-refractivity contribution >= 4 is 28.1 Å². The minimum atomic E-state index is -2.05. The monoisotopic (exact) mass is 384 g/mol. The number of nitrogens with one attached hydrogen (secondary N) is 1. The van der Waals surface area contributed by atoms with Gasteiger partial charge in [-0.2, -0.15) is 0 Å². The van der Waals surface area contributed by atoms with Crippen LogP contribution in [0.3, 0.4) is 0 Å². The van der Waals surface area contributed by atoms with Crippen LogP contribution in [-0.2, 0) is 22.5 Å². The number of morpholine rings is 1. The van der Waals surface area contributed by atoms with E-state index in [4.69, 9.17) is 14.3 Å². The fourth-order valence-corrected chi connectivity index (χ4v) is 3.49. The summed E-state index contributed by atoms with van der Waals surface area (Å²) in [6, 6.07) is 13.8. The van der Waals surface area contributed by atoms with E-state index in [1.807, 2.05) is 48.7 Å². The van der Waals surface area contributed by atoms with Gasteiger partial charge in [-0.25, -0.2) is 13.9 Å². The van der Waals surface area contributed by atoms with Crippen LogP contribution < -0.4 is 9.62 Å². The van der Waals surface area contributed by atoms with E-state index in [0.717, 1.165) is 46.6 Å². The van der Waals surface area contributed by atoms with Gasteiger partial charge in [0.1, 0.15) is 5.82 Å². The highest BCUT2D eigenvalue weighted by Crippen LogP contribution is 2.27. The second-order valence-electron chi connectivity index (χ2n) is 6.26. The number of fused-ring (bicyclic) bond motifs is 1. The molecule has 0 radical (unpaired) electrons. The van der Waals surface area contributed by atoms with Crippen LogP contribution in [0.4, 0.5) is 5.82 Å². The van der Waals surface area contributed by atoms with Crippen molar-refractivity contribution in [1.29, 1.82) is 0 Å². The maximum atomic E-state index is 11.0. The highest BCUT2D eigenvalue weighted by atomic mass is 32.2. The van der Waals surface area contributed by atoms with Gasteiger partial charge in [-0.15, -0.1) is 0 Å². The second kappa shape index (κ2) is 8.10. The summed E-state index contributed by atoms with van der Waals surface area (Å²) in [6.45, 7) is 3.33. The Labute approximate surface area is 159 Å². The molecule has 1 unspecified atom stereocenters. The van der Waals surface area contributed by atoms with Gasteiger partial charge in [-0.1, -0.05) is 30.3 Å². The first-order valence-electron chi connectivity index (χ1n) is 8.73. The first kappa shape index (κ1) is 18.0. The van der Waals surface area contributed by atoms with Gasteiger partial charge in [0, 0.05) is 19.6 Å². The molecule has 140 valence electrons. The molecule has 27 heavy (non-hydrogen) atoms. The fraction of sp³-hybridized carbons (Fsp3) is 0.263. The first-order valence-corrected chi connectivity index (χ1v) is 9.83. The second-order valence-corrected chi connectivity index (χ2v) is 7.05. The summed E-state index contributed by atoms with van der Waals surface area (Å²) in [5.74, 6) is 0.855. The molecule has 2 heterocycles. The van der Waals surface area contributed by atoms with Gasteiger partial charge in [0.15, 0.2) is 0 Å². The molecule has 0 bridgehead atoms. The Bertz CT molecular complexity index is 976. The number of ether oxygens (including phenoxy) is 1. The van der Waals surface area contributed by atoms with Gasteiger partial charge in [-0.3, -0.25) is 9.54 Å². The molecule has 0 amide bonds. The van der Waals surface area contributed by atoms with E-state index >= 15 is 0 Å². The molecule has 0 saturated carbocycles. The summed E-state index contributed by atoms with van der Waals surface area (Å²) in [4.78, 5) is 11.5. The number of anilines is 1. The molecule has 8 heteroatoms. The summed E-state index contributed by atoms with van der Waals surface area (Å²) in [5.41, 5.74) is 4.59. The zero-order chi connectivity index (χ0) is 18.6. The van der Waals surface area contributed by atoms with E-state index in [-0.39, 0.29) is 0 Å². The van der Waals surface area contributed by atoms with Crippen LogP contribution in [0.5, 0.6) is 0 Å². The third-order valence-electron chi connectivity index (χ3n) is 4.58. The smallest absolute Gasteiger partial charge is 0.232 e. The molecule has 0 aliphatic carbocycles. The number of nitrogens with zero attached hydrogens (tertiary/aromatic N) is 3. The normalized spacial score (nSPS) is 15.8. The lowest BCUT2D eigenvalue weighted by molar-refractivity contribution is 0.122. The Hall–Kier alpha value is -2.39. The van der Waals surface area contributed by atoms with Crippen molar-refractivity contribution in [1.82, 2.24) is 14.7 Å². The van der Waals surface area contributed by atoms with Crippen LogP contribution in [0.1, 0.15) is 5.56 Å². The van der Waals surface area contributed by atoms with Crippen LogP contribution in [0.15, 0.2) is 48.7 Å². The average Bonchev–Trinajstić information content (AvgIpc) is 2.72. The van der Waals surface area contributed by atoms with Gasteiger partial charge >= 0.3 is 0 Å². The van der Waals surface area contributed by atoms with Crippen molar-refractivity contribution in [2.45, 2.75) is 6.54 Å². The molecular weight excluding hydrogens is 364 g/mol. The third-order valence-corrected chi connectivity index (χ3v) is 4.97. The number of benzene rings is 2. The molecule has 0 spiro atoms. The van der Waals surface area contributed by atoms with E-state index in [1.54, 1.807) is 0 Å². The molecule has 1 aromatic heterocycles. The standard InChI is InChI=1S/C19H20N4O3S/c24-27(25)21-12-15-3-1-2-4-16(15)14-5-6-17-18(11-14)22-19(13-20-17)23-7-9-26-10-8-23/h1-6,11,13,21H,7-10,12H2,(H,24,25). The van der Waals surface area contributed by atoms with E-state index in [2.05, 4.69) is 14.6 Å². The number of hydrogen-bond donors (Lipinski definition) is 2. The molecule has 4 rings (SSSR count). The van der Waals surface area contributed by atoms with Crippen molar-refractivity contribution in [3.05, 3.63) is 54.2 Å². The van der Waals surface area contributed by atoms with Gasteiger partial charge < -0.3 is 9.64 Å². The largest absolute Gasteiger partial charge is 0.378 e. The molecule has 1 fully saturated rings. The number of rotatable bonds is 5. The zero-order valence-corrected chi connectivity index (χ0v) is 15.5. The lowest BCUT2D eigenvalue weighted by atomic mass is 9.99. The van der Waals surface area contributed by atoms with Crippen molar-refractivity contribution in [3.8, 4) is 11.1 Å². The van der Waals surface area contributed by atoms with Gasteiger partial charge in [0.05, 0.1) is 30.4 Å². The Morgan fingerprint density at radius 1 is 1.15 bits per heavy atom. The molecule has 2 aromatic carbocycles. The highest BCUT2D eigenvalue weighted by molar-refractivity contribution is 7.77. The lowest BCUT2D eigenvalue weighted by Gasteiger charge is -2.27. The SMILES string of the molecule is O=S(O)NCc1ccccc1-c1ccc2ncc(N3CCOCC3)nc2c1. The maximum absolute atomic E-state index is 11.0. The van der Waals surface area contributed by atoms with E-state index in [9.17, 15) is 4.21 Å². The molecule has 7 nitrogen and oxygen atoms in total. The van der Waals surface area contributed by atoms with Crippen molar-refractivity contribution in [2.75, 3.05) is 31.2 Å². The minimum absolute atomic E-state index is 0.302. The quantitative estimate of drug-likeness (QED) is 0.657. The maximum Gasteiger partial charge on any atom is 0.232 e. The first-order chi connectivity index (χ1) is 13.2. The molecule has 3 aromatic rings. The van der Waals surface area contributed by atoms with Gasteiger partial charge in [0.25, 0.3) is 0 Å². The predicted octanol–water partition coefficient (Wildman–Crippen LogP) is 2.36. The van der Waals surface area contributed by atoms with E-state index in [0.29, 0.717) is 19.8 Å². The Balaban J connectivity index is 1.69. The summed E-state index contributed by atoms with van der Waals surface area (Å²) < 4.78 is 27.9. The summed E-state index contributed by atoms with van der Waals surface area (Å²) in [7, 11) is 0. The highest BCUT2D eigenvalue weighted by Gasteiger charge is 2.14.